The quantitative estimate of drug-likeness (QED) is 0.120. The van der Waals surface area contributed by atoms with E-state index in [2.05, 4.69) is 10.6 Å². The number of aliphatic carboxylic acids is 3. The number of amides is 4. The number of primary amides is 1. The number of hydrogen-bond donors (Lipinski definition) is 8. The van der Waals surface area contributed by atoms with Crippen molar-refractivity contribution >= 4 is 41.5 Å². The van der Waals surface area contributed by atoms with E-state index in [1.165, 1.54) is 0 Å². The van der Waals surface area contributed by atoms with Gasteiger partial charge in [0.15, 0.2) is 0 Å². The SMILES string of the molecule is NC(=O)CC(NC(=O)C(N)CCC(=O)O)C(=O)NCC(=O)NC(CCC(=O)O)C(=O)O. The lowest BCUT2D eigenvalue weighted by Gasteiger charge is -2.20. The minimum Gasteiger partial charge on any atom is -0.481 e. The van der Waals surface area contributed by atoms with E-state index in [0.717, 1.165) is 0 Å². The summed E-state index contributed by atoms with van der Waals surface area (Å²) < 4.78 is 0. The molecule has 0 aliphatic carbocycles. The molecule has 0 aromatic carbocycles. The van der Waals surface area contributed by atoms with Gasteiger partial charge in [0, 0.05) is 12.8 Å². The molecule has 0 heterocycles. The number of carbonyl (C=O) groups is 7. The molecule has 0 saturated carbocycles. The van der Waals surface area contributed by atoms with Gasteiger partial charge in [-0.25, -0.2) is 4.79 Å². The molecular weight excluding hydrogens is 422 g/mol. The summed E-state index contributed by atoms with van der Waals surface area (Å²) in [6.07, 6.45) is -2.20. The maximum absolute atomic E-state index is 12.2. The molecule has 0 bridgehead atoms. The predicted molar refractivity (Wildman–Crippen MR) is 100 cm³/mol. The smallest absolute Gasteiger partial charge is 0.326 e. The summed E-state index contributed by atoms with van der Waals surface area (Å²) >= 11 is 0. The van der Waals surface area contributed by atoms with Crippen LogP contribution in [-0.4, -0.2) is 81.5 Å². The summed E-state index contributed by atoms with van der Waals surface area (Å²) in [5, 5.41) is 32.4. The normalized spacial score (nSPS) is 13.2. The van der Waals surface area contributed by atoms with Gasteiger partial charge in [-0.2, -0.15) is 0 Å². The van der Waals surface area contributed by atoms with Crippen LogP contribution in [0.25, 0.3) is 0 Å². The van der Waals surface area contributed by atoms with Crippen LogP contribution in [0.15, 0.2) is 0 Å². The van der Waals surface area contributed by atoms with Gasteiger partial charge in [-0.1, -0.05) is 0 Å². The number of carboxylic acid groups (broad SMARTS) is 3. The van der Waals surface area contributed by atoms with E-state index in [9.17, 15) is 33.6 Å². The lowest BCUT2D eigenvalue weighted by atomic mass is 10.1. The van der Waals surface area contributed by atoms with Gasteiger partial charge in [0.05, 0.1) is 19.0 Å². The third kappa shape index (κ3) is 12.4. The van der Waals surface area contributed by atoms with Crippen molar-refractivity contribution in [3.05, 3.63) is 0 Å². The molecule has 0 aromatic rings. The monoisotopic (exact) mass is 447 g/mol. The van der Waals surface area contributed by atoms with E-state index in [-0.39, 0.29) is 12.8 Å². The van der Waals surface area contributed by atoms with Crippen molar-refractivity contribution in [3.63, 3.8) is 0 Å². The van der Waals surface area contributed by atoms with E-state index in [1.54, 1.807) is 0 Å². The Hall–Kier alpha value is -3.75. The number of nitrogens with one attached hydrogen (secondary N) is 3. The Labute approximate surface area is 175 Å². The highest BCUT2D eigenvalue weighted by Gasteiger charge is 2.27. The molecule has 0 saturated heterocycles. The molecule has 4 amide bonds. The number of rotatable bonds is 15. The standard InChI is InChI=1S/C16H25N5O10/c17-7(1-3-12(24)25)14(28)21-9(5-10(18)22)15(29)19-6-11(23)20-8(16(30)31)2-4-13(26)27/h7-9H,1-6,17H2,(H2,18,22)(H,19,29)(H,20,23)(H,21,28)(H,24,25)(H,26,27)(H,30,31). The second kappa shape index (κ2) is 13.5. The summed E-state index contributed by atoms with van der Waals surface area (Å²) in [6, 6.07) is -4.31. The van der Waals surface area contributed by atoms with Crippen molar-refractivity contribution in [1.82, 2.24) is 16.0 Å². The molecule has 174 valence electrons. The largest absolute Gasteiger partial charge is 0.481 e. The highest BCUT2D eigenvalue weighted by Crippen LogP contribution is 2.00. The molecule has 3 atom stereocenters. The van der Waals surface area contributed by atoms with Crippen molar-refractivity contribution in [2.45, 2.75) is 50.2 Å². The molecule has 15 nitrogen and oxygen atoms in total. The zero-order chi connectivity index (χ0) is 24.1. The van der Waals surface area contributed by atoms with Gasteiger partial charge in [-0.05, 0) is 12.8 Å². The maximum Gasteiger partial charge on any atom is 0.326 e. The lowest BCUT2D eigenvalue weighted by Crippen LogP contribution is -2.54. The van der Waals surface area contributed by atoms with E-state index in [1.807, 2.05) is 5.32 Å². The zero-order valence-corrected chi connectivity index (χ0v) is 16.3. The first-order valence-corrected chi connectivity index (χ1v) is 8.91. The highest BCUT2D eigenvalue weighted by molar-refractivity contribution is 5.95. The van der Waals surface area contributed by atoms with E-state index in [0.29, 0.717) is 0 Å². The van der Waals surface area contributed by atoms with Crippen molar-refractivity contribution in [2.24, 2.45) is 11.5 Å². The van der Waals surface area contributed by atoms with Crippen molar-refractivity contribution < 1.29 is 48.9 Å². The van der Waals surface area contributed by atoms with Crippen LogP contribution < -0.4 is 27.4 Å². The van der Waals surface area contributed by atoms with E-state index in [4.69, 9.17) is 26.8 Å². The fourth-order valence-corrected chi connectivity index (χ4v) is 2.16. The number of hydrogen-bond acceptors (Lipinski definition) is 8. The Balaban J connectivity index is 4.85. The molecule has 0 aliphatic heterocycles. The fourth-order valence-electron chi connectivity index (χ4n) is 2.16. The molecule has 0 aliphatic rings. The van der Waals surface area contributed by atoms with Crippen molar-refractivity contribution in [3.8, 4) is 0 Å². The van der Waals surface area contributed by atoms with Crippen LogP contribution in [-0.2, 0) is 33.6 Å². The number of carboxylic acids is 3. The predicted octanol–water partition coefficient (Wildman–Crippen LogP) is -3.91. The molecule has 0 aromatic heterocycles. The molecule has 10 N–H and O–H groups in total. The third-order valence-electron chi connectivity index (χ3n) is 3.75. The van der Waals surface area contributed by atoms with Gasteiger partial charge in [0.1, 0.15) is 12.1 Å². The molecule has 15 heteroatoms. The van der Waals surface area contributed by atoms with E-state index < -0.39 is 85.5 Å². The van der Waals surface area contributed by atoms with Crippen LogP contribution >= 0.6 is 0 Å². The minimum absolute atomic E-state index is 0.235. The van der Waals surface area contributed by atoms with Crippen molar-refractivity contribution in [2.75, 3.05) is 6.54 Å². The molecule has 0 radical (unpaired) electrons. The van der Waals surface area contributed by atoms with E-state index >= 15 is 0 Å². The summed E-state index contributed by atoms with van der Waals surface area (Å²) in [5.41, 5.74) is 10.5. The summed E-state index contributed by atoms with van der Waals surface area (Å²) in [6.45, 7) is -0.744. The third-order valence-corrected chi connectivity index (χ3v) is 3.75. The Kier molecular flexibility index (Phi) is 11.8. The Morgan fingerprint density at radius 2 is 1.32 bits per heavy atom. The van der Waals surface area contributed by atoms with Crippen LogP contribution in [0.3, 0.4) is 0 Å². The summed E-state index contributed by atoms with van der Waals surface area (Å²) in [5.74, 6) is -7.80. The lowest BCUT2D eigenvalue weighted by molar-refractivity contribution is -0.143. The van der Waals surface area contributed by atoms with Crippen LogP contribution in [0.2, 0.25) is 0 Å². The van der Waals surface area contributed by atoms with Crippen LogP contribution in [0.4, 0.5) is 0 Å². The minimum atomic E-state index is -1.52. The average molecular weight is 447 g/mol. The van der Waals surface area contributed by atoms with Gasteiger partial charge in [0.25, 0.3) is 0 Å². The van der Waals surface area contributed by atoms with Gasteiger partial charge in [-0.15, -0.1) is 0 Å². The molecule has 0 rings (SSSR count). The van der Waals surface area contributed by atoms with Gasteiger partial charge >= 0.3 is 17.9 Å². The van der Waals surface area contributed by atoms with Crippen LogP contribution in [0, 0.1) is 0 Å². The molecule has 0 spiro atoms. The number of nitrogens with two attached hydrogens (primary N) is 2. The molecule has 0 fully saturated rings. The van der Waals surface area contributed by atoms with Gasteiger partial charge < -0.3 is 42.7 Å². The summed E-state index contributed by atoms with van der Waals surface area (Å²) in [4.78, 5) is 79.3. The first-order valence-electron chi connectivity index (χ1n) is 8.91. The second-order valence-electron chi connectivity index (χ2n) is 6.38. The fraction of sp³-hybridized carbons (Fsp3) is 0.562. The summed E-state index contributed by atoms with van der Waals surface area (Å²) in [7, 11) is 0. The topological polar surface area (TPSA) is 268 Å². The Bertz CT molecular complexity index is 726. The average Bonchev–Trinajstić information content (AvgIpc) is 2.65. The zero-order valence-electron chi connectivity index (χ0n) is 16.3. The molecular formula is C16H25N5O10. The van der Waals surface area contributed by atoms with Crippen LogP contribution in [0.1, 0.15) is 32.1 Å². The molecule has 31 heavy (non-hydrogen) atoms. The van der Waals surface area contributed by atoms with Crippen molar-refractivity contribution in [1.29, 1.82) is 0 Å². The van der Waals surface area contributed by atoms with Gasteiger partial charge in [-0.3, -0.25) is 28.8 Å². The second-order valence-corrected chi connectivity index (χ2v) is 6.38. The highest BCUT2D eigenvalue weighted by atomic mass is 16.4. The van der Waals surface area contributed by atoms with Crippen LogP contribution in [0.5, 0.6) is 0 Å². The first-order chi connectivity index (χ1) is 14.3. The molecule has 3 unspecified atom stereocenters. The number of carbonyl (C=O) groups excluding carboxylic acids is 4. The van der Waals surface area contributed by atoms with Gasteiger partial charge in [0.2, 0.25) is 23.6 Å². The Morgan fingerprint density at radius 1 is 0.774 bits per heavy atom. The maximum atomic E-state index is 12.2. The first kappa shape index (κ1) is 27.2. The Morgan fingerprint density at radius 3 is 1.81 bits per heavy atom.